The van der Waals surface area contributed by atoms with Gasteiger partial charge in [0.15, 0.2) is 5.16 Å². The average molecular weight is 461 g/mol. The maximum absolute atomic E-state index is 13.7. The van der Waals surface area contributed by atoms with E-state index in [9.17, 15) is 14.4 Å². The molecule has 7 nitrogen and oxygen atoms in total. The van der Waals surface area contributed by atoms with Gasteiger partial charge in [0.25, 0.3) is 5.56 Å². The van der Waals surface area contributed by atoms with E-state index < -0.39 is 11.3 Å². The number of thioether (sulfide) groups is 1. The fraction of sp³-hybridized carbons (Fsp3) is 0.636. The van der Waals surface area contributed by atoms with E-state index in [-0.39, 0.29) is 23.6 Å². The summed E-state index contributed by atoms with van der Waals surface area (Å²) in [4.78, 5) is 45.2. The van der Waals surface area contributed by atoms with Crippen LogP contribution in [0.3, 0.4) is 0 Å². The number of nitrogens with zero attached hydrogens (tertiary/aromatic N) is 2. The van der Waals surface area contributed by atoms with Crippen LogP contribution in [0.2, 0.25) is 0 Å². The molecule has 2 heterocycles. The molecule has 0 aromatic carbocycles. The molecule has 2 saturated carbocycles. The molecule has 9 heteroatoms. The number of aromatic nitrogens is 2. The minimum atomic E-state index is -0.531. The maximum Gasteiger partial charge on any atom is 0.321 e. The predicted octanol–water partition coefficient (Wildman–Crippen LogP) is 3.92. The van der Waals surface area contributed by atoms with Gasteiger partial charge < -0.3 is 5.32 Å². The number of urea groups is 1. The first kappa shape index (κ1) is 21.0. The second kappa shape index (κ2) is 8.58. The van der Waals surface area contributed by atoms with Crippen LogP contribution in [-0.4, -0.2) is 32.8 Å². The molecule has 3 amide bonds. The smallest absolute Gasteiger partial charge is 0.321 e. The first-order valence-electron chi connectivity index (χ1n) is 11.4. The van der Waals surface area contributed by atoms with Gasteiger partial charge in [-0.2, -0.15) is 0 Å². The van der Waals surface area contributed by atoms with Gasteiger partial charge in [-0.1, -0.05) is 24.6 Å². The van der Waals surface area contributed by atoms with Crippen LogP contribution in [0.5, 0.6) is 0 Å². The third-order valence-electron chi connectivity index (χ3n) is 6.48. The van der Waals surface area contributed by atoms with Gasteiger partial charge >= 0.3 is 6.03 Å². The van der Waals surface area contributed by atoms with Crippen LogP contribution >= 0.6 is 23.1 Å². The third kappa shape index (κ3) is 4.26. The summed E-state index contributed by atoms with van der Waals surface area (Å²) in [7, 11) is 0. The minimum absolute atomic E-state index is 0.0536. The highest BCUT2D eigenvalue weighted by atomic mass is 32.2. The highest BCUT2D eigenvalue weighted by Crippen LogP contribution is 2.38. The lowest BCUT2D eigenvalue weighted by Gasteiger charge is -2.20. The van der Waals surface area contributed by atoms with Crippen LogP contribution in [-0.2, 0) is 17.6 Å². The molecule has 0 aliphatic heterocycles. The van der Waals surface area contributed by atoms with Gasteiger partial charge in [-0.3, -0.25) is 19.5 Å². The van der Waals surface area contributed by atoms with Gasteiger partial charge in [-0.25, -0.2) is 9.78 Å². The first-order chi connectivity index (χ1) is 15.0. The number of carbonyl (C=O) groups excluding carboxylic acids is 2. The van der Waals surface area contributed by atoms with Crippen molar-refractivity contribution in [2.45, 2.75) is 93.6 Å². The molecule has 2 aromatic heterocycles. The van der Waals surface area contributed by atoms with Gasteiger partial charge in [0, 0.05) is 17.0 Å². The van der Waals surface area contributed by atoms with Gasteiger partial charge in [0.1, 0.15) is 4.83 Å². The van der Waals surface area contributed by atoms with Crippen molar-refractivity contribution in [3.63, 3.8) is 0 Å². The number of aryl methyl sites for hydroxylation is 2. The Morgan fingerprint density at radius 1 is 1.13 bits per heavy atom. The third-order valence-corrected chi connectivity index (χ3v) is 8.73. The molecule has 1 atom stereocenters. The Bertz CT molecular complexity index is 1080. The lowest BCUT2D eigenvalue weighted by Crippen LogP contribution is -2.43. The summed E-state index contributed by atoms with van der Waals surface area (Å²) in [6.07, 6.45) is 10.4. The standard InChI is InChI=1S/C22H28N4O3S2/c1-12(18(27)24-21(29)23-13-10-11-13)30-22-25-19-17(15-8-4-5-9-16(15)31-19)20(28)26(22)14-6-2-3-7-14/h12-14H,2-11H2,1H3,(H2,23,24,27,29). The quantitative estimate of drug-likeness (QED) is 0.521. The molecule has 166 valence electrons. The van der Waals surface area contributed by atoms with E-state index in [0.29, 0.717) is 5.16 Å². The van der Waals surface area contributed by atoms with E-state index in [1.165, 1.54) is 28.6 Å². The van der Waals surface area contributed by atoms with Crippen LogP contribution in [0.1, 0.15) is 74.8 Å². The maximum atomic E-state index is 13.7. The fourth-order valence-electron chi connectivity index (χ4n) is 4.64. The summed E-state index contributed by atoms with van der Waals surface area (Å²) in [5, 5.41) is 6.08. The molecule has 3 aliphatic rings. The van der Waals surface area contributed by atoms with Crippen LogP contribution in [0, 0.1) is 0 Å². The SMILES string of the molecule is CC(Sc1nc2sc3c(c2c(=O)n1C1CCCC1)CCCC3)C(=O)NC(=O)NC1CC1. The lowest BCUT2D eigenvalue weighted by molar-refractivity contribution is -0.119. The Morgan fingerprint density at radius 2 is 1.87 bits per heavy atom. The summed E-state index contributed by atoms with van der Waals surface area (Å²) >= 11 is 2.92. The largest absolute Gasteiger partial charge is 0.335 e. The number of rotatable bonds is 5. The normalized spacial score (nSPS) is 19.9. The zero-order valence-corrected chi connectivity index (χ0v) is 19.4. The summed E-state index contributed by atoms with van der Waals surface area (Å²) < 4.78 is 1.86. The van der Waals surface area contributed by atoms with Crippen molar-refractivity contribution in [2.75, 3.05) is 0 Å². The van der Waals surface area contributed by atoms with E-state index >= 15 is 0 Å². The minimum Gasteiger partial charge on any atom is -0.335 e. The summed E-state index contributed by atoms with van der Waals surface area (Å²) in [5.74, 6) is -0.360. The van der Waals surface area contributed by atoms with Gasteiger partial charge in [0.2, 0.25) is 5.91 Å². The summed E-state index contributed by atoms with van der Waals surface area (Å²) in [5.41, 5.74) is 1.26. The molecule has 31 heavy (non-hydrogen) atoms. The number of amides is 3. The molecule has 0 spiro atoms. The molecule has 0 saturated heterocycles. The van der Waals surface area contributed by atoms with Gasteiger partial charge in [0.05, 0.1) is 10.6 Å². The van der Waals surface area contributed by atoms with Crippen LogP contribution in [0.15, 0.2) is 9.95 Å². The molecule has 1 unspecified atom stereocenters. The second-order valence-electron chi connectivity index (χ2n) is 8.90. The van der Waals surface area contributed by atoms with Crippen molar-refractivity contribution in [3.05, 3.63) is 20.8 Å². The Labute approximate surface area is 189 Å². The number of thiophene rings is 1. The van der Waals surface area contributed by atoms with Crippen molar-refractivity contribution in [3.8, 4) is 0 Å². The molecule has 2 N–H and O–H groups in total. The molecular formula is C22H28N4O3S2. The molecule has 0 radical (unpaired) electrons. The van der Waals surface area contributed by atoms with E-state index in [1.54, 1.807) is 18.3 Å². The van der Waals surface area contributed by atoms with Crippen LogP contribution < -0.4 is 16.2 Å². The Kier molecular flexibility index (Phi) is 5.81. The summed E-state index contributed by atoms with van der Waals surface area (Å²) in [6, 6.07) is -0.112. The Balaban J connectivity index is 1.46. The van der Waals surface area contributed by atoms with Crippen LogP contribution in [0.25, 0.3) is 10.2 Å². The number of nitrogens with one attached hydrogen (secondary N) is 2. The molecule has 3 aliphatic carbocycles. The van der Waals surface area contributed by atoms with Gasteiger partial charge in [-0.05, 0) is 63.9 Å². The Morgan fingerprint density at radius 3 is 2.61 bits per heavy atom. The van der Waals surface area contributed by atoms with Crippen molar-refractivity contribution in [1.82, 2.24) is 20.2 Å². The number of fused-ring (bicyclic) bond motifs is 3. The van der Waals surface area contributed by atoms with E-state index in [4.69, 9.17) is 4.98 Å². The van der Waals surface area contributed by atoms with E-state index in [1.807, 2.05) is 4.57 Å². The van der Waals surface area contributed by atoms with E-state index in [0.717, 1.165) is 68.0 Å². The van der Waals surface area contributed by atoms with Crippen molar-refractivity contribution in [1.29, 1.82) is 0 Å². The van der Waals surface area contributed by atoms with Crippen LogP contribution in [0.4, 0.5) is 4.79 Å². The fourth-order valence-corrected chi connectivity index (χ4v) is 6.92. The second-order valence-corrected chi connectivity index (χ2v) is 11.3. The molecule has 0 bridgehead atoms. The Hall–Kier alpha value is -1.87. The van der Waals surface area contributed by atoms with Crippen molar-refractivity contribution >= 4 is 45.3 Å². The first-order valence-corrected chi connectivity index (χ1v) is 13.1. The molecular weight excluding hydrogens is 432 g/mol. The van der Waals surface area contributed by atoms with Crippen molar-refractivity contribution < 1.29 is 9.59 Å². The monoisotopic (exact) mass is 460 g/mol. The number of hydrogen-bond acceptors (Lipinski definition) is 6. The van der Waals surface area contributed by atoms with Gasteiger partial charge in [-0.15, -0.1) is 11.3 Å². The zero-order chi connectivity index (χ0) is 21.5. The average Bonchev–Trinajstić information content (AvgIpc) is 3.24. The number of carbonyl (C=O) groups is 2. The molecule has 5 rings (SSSR count). The zero-order valence-electron chi connectivity index (χ0n) is 17.7. The van der Waals surface area contributed by atoms with E-state index in [2.05, 4.69) is 10.6 Å². The summed E-state index contributed by atoms with van der Waals surface area (Å²) in [6.45, 7) is 1.76. The highest BCUT2D eigenvalue weighted by Gasteiger charge is 2.29. The lowest BCUT2D eigenvalue weighted by atomic mass is 9.97. The predicted molar refractivity (Wildman–Crippen MR) is 123 cm³/mol. The van der Waals surface area contributed by atoms with Crippen molar-refractivity contribution in [2.24, 2.45) is 0 Å². The number of hydrogen-bond donors (Lipinski definition) is 2. The topological polar surface area (TPSA) is 93.1 Å². The molecule has 2 fully saturated rings. The molecule has 2 aromatic rings. The number of imide groups is 1. The highest BCUT2D eigenvalue weighted by molar-refractivity contribution is 8.00.